The van der Waals surface area contributed by atoms with E-state index in [1.165, 1.54) is 19.4 Å². The van der Waals surface area contributed by atoms with Gasteiger partial charge in [0.25, 0.3) is 0 Å². The number of nitrogens with two attached hydrogens (primary N) is 1. The van der Waals surface area contributed by atoms with Gasteiger partial charge < -0.3 is 14.6 Å². The molecule has 31 heavy (non-hydrogen) atoms. The molecule has 0 aliphatic rings. The van der Waals surface area contributed by atoms with Gasteiger partial charge in [0, 0.05) is 11.7 Å². The summed E-state index contributed by atoms with van der Waals surface area (Å²) in [5, 5.41) is 9.35. The largest absolute Gasteiger partial charge is 0.495 e. The molecule has 0 bridgehead atoms. The average Bonchev–Trinajstić information content (AvgIpc) is 2.69. The number of anilines is 2. The number of methoxy groups -OCH3 is 1. The molecule has 8 nitrogen and oxygen atoms in total. The predicted octanol–water partition coefficient (Wildman–Crippen LogP) is 3.37. The van der Waals surface area contributed by atoms with E-state index in [9.17, 15) is 13.0 Å². The first-order valence-corrected chi connectivity index (χ1v) is 13.6. The van der Waals surface area contributed by atoms with Crippen LogP contribution in [-0.2, 0) is 21.0 Å². The number of aromatic nitrogens is 2. The zero-order valence-corrected chi connectivity index (χ0v) is 19.6. The lowest BCUT2D eigenvalue weighted by atomic mass is 10.1. The summed E-state index contributed by atoms with van der Waals surface area (Å²) < 4.78 is 41.5. The Morgan fingerprint density at radius 1 is 1.19 bits per heavy atom. The third-order valence-electron chi connectivity index (χ3n) is 4.51. The molecule has 0 saturated carbocycles. The summed E-state index contributed by atoms with van der Waals surface area (Å²) in [6, 6.07) is 11.6. The molecule has 1 aromatic heterocycles. The van der Waals surface area contributed by atoms with Gasteiger partial charge in [0.05, 0.1) is 34.6 Å². The van der Waals surface area contributed by atoms with Gasteiger partial charge in [-0.1, -0.05) is 29.8 Å². The Hall–Kier alpha value is -2.45. The zero-order chi connectivity index (χ0) is 22.8. The Labute approximate surface area is 186 Å². The molecule has 3 aromatic rings. The summed E-state index contributed by atoms with van der Waals surface area (Å²) in [6.07, 6.45) is 1.58. The van der Waals surface area contributed by atoms with E-state index in [0.717, 1.165) is 0 Å². The van der Waals surface area contributed by atoms with E-state index in [2.05, 4.69) is 15.3 Å². The maximum Gasteiger partial charge on any atom is 0.238 e. The number of halogens is 1. The van der Waals surface area contributed by atoms with Crippen LogP contribution >= 0.6 is 18.7 Å². The zero-order valence-electron chi connectivity index (χ0n) is 17.2. The summed E-state index contributed by atoms with van der Waals surface area (Å²) in [5.41, 5.74) is 1.48. The molecule has 3 N–H and O–H groups in total. The van der Waals surface area contributed by atoms with Crippen molar-refractivity contribution >= 4 is 45.7 Å². The molecule has 0 fully saturated rings. The number of benzene rings is 2. The number of hydrogen-bond acceptors (Lipinski definition) is 7. The van der Waals surface area contributed by atoms with Gasteiger partial charge in [-0.05, 0) is 43.2 Å². The van der Waals surface area contributed by atoms with Gasteiger partial charge in [-0.2, -0.15) is 0 Å². The Morgan fingerprint density at radius 2 is 1.90 bits per heavy atom. The summed E-state index contributed by atoms with van der Waals surface area (Å²) in [4.78, 5) is 8.63. The first kappa shape index (κ1) is 23.2. The van der Waals surface area contributed by atoms with Gasteiger partial charge in [-0.25, -0.2) is 23.5 Å². The smallest absolute Gasteiger partial charge is 0.238 e. The summed E-state index contributed by atoms with van der Waals surface area (Å²) >= 11 is 6.26. The number of ether oxygens (including phenoxy) is 1. The van der Waals surface area contributed by atoms with E-state index in [1.807, 2.05) is 0 Å². The molecule has 0 amide bonds. The summed E-state index contributed by atoms with van der Waals surface area (Å²) in [6.45, 7) is 3.37. The van der Waals surface area contributed by atoms with E-state index >= 15 is 0 Å². The highest BCUT2D eigenvalue weighted by molar-refractivity contribution is 7.89. The minimum atomic E-state index is -3.89. The van der Waals surface area contributed by atoms with E-state index < -0.39 is 17.2 Å². The molecular weight excluding hydrogens is 459 g/mol. The molecule has 164 valence electrons. The van der Waals surface area contributed by atoms with Crippen LogP contribution in [0.3, 0.4) is 0 Å². The van der Waals surface area contributed by atoms with Crippen molar-refractivity contribution in [1.82, 2.24) is 9.97 Å². The number of primary sulfonamides is 1. The fourth-order valence-electron chi connectivity index (χ4n) is 2.93. The lowest BCUT2D eigenvalue weighted by molar-refractivity contribution is 0.417. The molecule has 0 saturated heterocycles. The topological polar surface area (TPSA) is 124 Å². The van der Waals surface area contributed by atoms with Gasteiger partial charge in [0.1, 0.15) is 12.9 Å². The standard InChI is InChI=1S/C20H22ClN4O4PS/c1-29-18-11-14(30(2,3)26)8-9-16(18)24-20-23-12-15(21)17(25-20)10-13-6-4-5-7-19(13)31(22,27)28/h4-9,11-12H,10H2,1-3H3,(H2,22,27,28)(H,23,24,25). The molecule has 0 aliphatic carbocycles. The second kappa shape index (κ2) is 8.96. The fraction of sp³-hybridized carbons (Fsp3) is 0.200. The molecule has 11 heteroatoms. The van der Waals surface area contributed by atoms with Crippen LogP contribution in [0.2, 0.25) is 5.02 Å². The van der Waals surface area contributed by atoms with E-state index in [-0.39, 0.29) is 22.3 Å². The van der Waals surface area contributed by atoms with Gasteiger partial charge in [-0.15, -0.1) is 0 Å². The van der Waals surface area contributed by atoms with Crippen molar-refractivity contribution in [2.24, 2.45) is 5.14 Å². The molecule has 1 heterocycles. The van der Waals surface area contributed by atoms with Crippen LogP contribution in [-0.4, -0.2) is 38.8 Å². The Morgan fingerprint density at radius 3 is 2.55 bits per heavy atom. The Bertz CT molecular complexity index is 1280. The van der Waals surface area contributed by atoms with Crippen molar-refractivity contribution in [3.8, 4) is 5.75 Å². The second-order valence-corrected chi connectivity index (χ2v) is 12.3. The maximum absolute atomic E-state index is 12.3. The van der Waals surface area contributed by atoms with Crippen LogP contribution in [0.15, 0.2) is 53.6 Å². The highest BCUT2D eigenvalue weighted by atomic mass is 35.5. The summed E-state index contributed by atoms with van der Waals surface area (Å²) in [5.74, 6) is 0.732. The van der Waals surface area contributed by atoms with Crippen molar-refractivity contribution in [2.75, 3.05) is 25.8 Å². The number of nitrogens with one attached hydrogen (secondary N) is 1. The number of hydrogen-bond donors (Lipinski definition) is 2. The highest BCUT2D eigenvalue weighted by Gasteiger charge is 2.17. The second-order valence-electron chi connectivity index (χ2n) is 7.18. The molecule has 0 atom stereocenters. The van der Waals surface area contributed by atoms with Gasteiger partial charge >= 0.3 is 0 Å². The van der Waals surface area contributed by atoms with Crippen LogP contribution in [0.4, 0.5) is 11.6 Å². The first-order valence-electron chi connectivity index (χ1n) is 9.12. The van der Waals surface area contributed by atoms with Crippen LogP contribution in [0.1, 0.15) is 11.3 Å². The van der Waals surface area contributed by atoms with Crippen molar-refractivity contribution in [2.45, 2.75) is 11.3 Å². The maximum atomic E-state index is 12.3. The van der Waals surface area contributed by atoms with E-state index in [1.54, 1.807) is 49.7 Å². The van der Waals surface area contributed by atoms with Gasteiger partial charge in [-0.3, -0.25) is 0 Å². The van der Waals surface area contributed by atoms with E-state index in [4.69, 9.17) is 21.5 Å². The van der Waals surface area contributed by atoms with Crippen LogP contribution < -0.4 is 20.5 Å². The lowest BCUT2D eigenvalue weighted by Gasteiger charge is -2.14. The first-order chi connectivity index (χ1) is 14.5. The number of rotatable bonds is 7. The van der Waals surface area contributed by atoms with Crippen LogP contribution in [0.25, 0.3) is 0 Å². The van der Waals surface area contributed by atoms with Crippen molar-refractivity contribution < 1.29 is 17.7 Å². The lowest BCUT2D eigenvalue weighted by Crippen LogP contribution is -2.15. The normalized spacial score (nSPS) is 11.9. The summed E-state index contributed by atoms with van der Waals surface area (Å²) in [7, 11) is -4.83. The molecule has 0 unspecified atom stereocenters. The Kier molecular flexibility index (Phi) is 6.71. The monoisotopic (exact) mass is 480 g/mol. The SMILES string of the molecule is COc1cc(P(C)(C)=O)ccc1Nc1ncc(Cl)c(Cc2ccccc2S(N)(=O)=O)n1. The quantitative estimate of drug-likeness (QED) is 0.497. The highest BCUT2D eigenvalue weighted by Crippen LogP contribution is 2.38. The molecular formula is C20H22ClN4O4PS. The van der Waals surface area contributed by atoms with Crippen molar-refractivity contribution in [3.63, 3.8) is 0 Å². The number of nitrogens with zero attached hydrogens (tertiary/aromatic N) is 2. The minimum Gasteiger partial charge on any atom is -0.495 e. The molecule has 0 aliphatic heterocycles. The molecule has 0 radical (unpaired) electrons. The van der Waals surface area contributed by atoms with Crippen LogP contribution in [0, 0.1) is 0 Å². The minimum absolute atomic E-state index is 0.0139. The molecule has 3 rings (SSSR count). The fourth-order valence-corrected chi connectivity index (χ4v) is 4.73. The van der Waals surface area contributed by atoms with Crippen molar-refractivity contribution in [1.29, 1.82) is 0 Å². The molecule has 2 aromatic carbocycles. The van der Waals surface area contributed by atoms with Crippen molar-refractivity contribution in [3.05, 3.63) is 64.9 Å². The average molecular weight is 481 g/mol. The van der Waals surface area contributed by atoms with E-state index in [0.29, 0.717) is 28.0 Å². The van der Waals surface area contributed by atoms with Gasteiger partial charge in [0.2, 0.25) is 16.0 Å². The number of sulfonamides is 1. The predicted molar refractivity (Wildman–Crippen MR) is 123 cm³/mol. The Balaban J connectivity index is 1.94. The molecule has 0 spiro atoms. The third-order valence-corrected chi connectivity index (χ3v) is 7.36. The van der Waals surface area contributed by atoms with Gasteiger partial charge in [0.15, 0.2) is 0 Å². The van der Waals surface area contributed by atoms with Crippen LogP contribution in [0.5, 0.6) is 5.75 Å². The third kappa shape index (κ3) is 5.62.